The Morgan fingerprint density at radius 1 is 0.462 bits per heavy atom. The van der Waals surface area contributed by atoms with Crippen LogP contribution in [0.2, 0.25) is 0 Å². The van der Waals surface area contributed by atoms with E-state index in [2.05, 4.69) is 268 Å². The molecule has 10 rings (SSSR count). The fraction of sp³-hybridized carbons (Fsp3) is 0.598. The maximum atomic E-state index is 11.6. The molecule has 0 amide bonds. The average molecular weight is 1430 g/mol. The second kappa shape index (κ2) is 40.5. The van der Waals surface area contributed by atoms with E-state index in [1.54, 1.807) is 43.0 Å². The van der Waals surface area contributed by atoms with E-state index in [0.29, 0.717) is 55.5 Å². The highest BCUT2D eigenvalue weighted by Gasteiger charge is 2.45. The van der Waals surface area contributed by atoms with Crippen molar-refractivity contribution in [2.75, 3.05) is 0 Å². The Bertz CT molecular complexity index is 3710. The Balaban J connectivity index is 0.000000310. The van der Waals surface area contributed by atoms with E-state index in [4.69, 9.17) is 0 Å². The van der Waals surface area contributed by atoms with Crippen molar-refractivity contribution >= 4 is 11.6 Å². The molecule has 1 aliphatic carbocycles. The lowest BCUT2D eigenvalue weighted by atomic mass is 9.82. The van der Waals surface area contributed by atoms with E-state index in [1.807, 2.05) is 117 Å². The smallest absolute Gasteiger partial charge is 0.205 e. The summed E-state index contributed by atoms with van der Waals surface area (Å²) >= 11 is 0. The Morgan fingerprint density at radius 2 is 1.01 bits per heavy atom. The summed E-state index contributed by atoms with van der Waals surface area (Å²) in [4.78, 5) is 39.0. The molecule has 17 nitrogen and oxygen atoms in total. The summed E-state index contributed by atoms with van der Waals surface area (Å²) in [6, 6.07) is 21.9. The molecule has 0 saturated heterocycles. The third-order valence-corrected chi connectivity index (χ3v) is 16.7. The molecule has 0 radical (unpaired) electrons. The molecule has 9 heterocycles. The van der Waals surface area contributed by atoms with E-state index in [1.165, 1.54) is 55.5 Å². The van der Waals surface area contributed by atoms with Crippen LogP contribution in [0.1, 0.15) is 274 Å². The van der Waals surface area contributed by atoms with Gasteiger partial charge in [-0.05, 0) is 184 Å². The minimum Gasteiger partial charge on any atom is -0.354 e. The second-order valence-corrected chi connectivity index (χ2v) is 37.7. The molecule has 1 atom stereocenters. The number of ketones is 2. The zero-order valence-electron chi connectivity index (χ0n) is 70.2. The van der Waals surface area contributed by atoms with Gasteiger partial charge in [-0.15, -0.1) is 0 Å². The van der Waals surface area contributed by atoms with Crippen molar-refractivity contribution in [3.05, 3.63) is 188 Å². The summed E-state index contributed by atoms with van der Waals surface area (Å²) in [5.41, 5.74) is 9.95. The first-order valence-corrected chi connectivity index (χ1v) is 37.7. The van der Waals surface area contributed by atoms with Gasteiger partial charge in [0.25, 0.3) is 0 Å². The molecule has 104 heavy (non-hydrogen) atoms. The topological polar surface area (TPSA) is 180 Å². The fourth-order valence-electron chi connectivity index (χ4n) is 10.7. The summed E-state index contributed by atoms with van der Waals surface area (Å²) in [6.07, 6.45) is 36.3. The van der Waals surface area contributed by atoms with Crippen LogP contribution in [-0.4, -0.2) is 85.0 Å². The van der Waals surface area contributed by atoms with Crippen molar-refractivity contribution in [3.8, 4) is 11.1 Å². The quantitative estimate of drug-likeness (QED) is 0.0840. The van der Waals surface area contributed by atoms with Gasteiger partial charge in [0.15, 0.2) is 11.6 Å². The van der Waals surface area contributed by atoms with Crippen molar-refractivity contribution in [3.63, 3.8) is 0 Å². The van der Waals surface area contributed by atoms with E-state index < -0.39 is 5.41 Å². The van der Waals surface area contributed by atoms with Crippen LogP contribution >= 0.6 is 0 Å². The van der Waals surface area contributed by atoms with Crippen LogP contribution < -0.4 is 0 Å². The molecule has 0 aromatic carbocycles. The average Bonchev–Trinajstić information content (AvgIpc) is 1.63. The summed E-state index contributed by atoms with van der Waals surface area (Å²) < 4.78 is 12.5. The van der Waals surface area contributed by atoms with Crippen molar-refractivity contribution in [2.24, 2.45) is 48.7 Å². The first kappa shape index (κ1) is 90.3. The summed E-state index contributed by atoms with van der Waals surface area (Å²) in [6.45, 7) is 68.0. The van der Waals surface area contributed by atoms with E-state index in [0.717, 1.165) is 62.4 Å². The number of rotatable bonds is 16. The number of Topliss-reactive ketones (excluding diaryl/α,β-unsaturated/α-hetero) is 2. The molecule has 0 N–H and O–H groups in total. The van der Waals surface area contributed by atoms with Gasteiger partial charge >= 0.3 is 0 Å². The van der Waals surface area contributed by atoms with E-state index in [9.17, 15) is 9.59 Å². The second-order valence-electron chi connectivity index (χ2n) is 37.7. The summed E-state index contributed by atoms with van der Waals surface area (Å²) in [5, 5.41) is 21.7. The van der Waals surface area contributed by atoms with Gasteiger partial charge in [0.1, 0.15) is 5.69 Å². The maximum absolute atomic E-state index is 11.6. The van der Waals surface area contributed by atoms with Crippen LogP contribution in [-0.2, 0) is 32.7 Å². The number of hydrogen-bond donors (Lipinski definition) is 0. The zero-order valence-corrected chi connectivity index (χ0v) is 70.2. The Labute approximate surface area is 629 Å². The third-order valence-electron chi connectivity index (χ3n) is 16.7. The van der Waals surface area contributed by atoms with Gasteiger partial charge in [-0.3, -0.25) is 43.0 Å². The molecule has 574 valence electrons. The number of pyridine rings is 2. The van der Waals surface area contributed by atoms with Gasteiger partial charge in [0.2, 0.25) is 5.78 Å². The fourth-order valence-corrected chi connectivity index (χ4v) is 10.7. The molecule has 1 aliphatic rings. The largest absolute Gasteiger partial charge is 0.354 e. The number of carbonyl (C=O) groups is 2. The predicted molar refractivity (Wildman–Crippen MR) is 432 cm³/mol. The third kappa shape index (κ3) is 39.8. The molecule has 9 aromatic rings. The molecule has 1 unspecified atom stereocenters. The highest BCUT2D eigenvalue weighted by molar-refractivity contribution is 5.98. The van der Waals surface area contributed by atoms with Crippen LogP contribution in [0.4, 0.5) is 0 Å². The first-order valence-electron chi connectivity index (χ1n) is 37.7. The lowest BCUT2D eigenvalue weighted by molar-refractivity contribution is 0.0843. The molecule has 9 aromatic heterocycles. The highest BCUT2D eigenvalue weighted by Crippen LogP contribution is 2.54. The van der Waals surface area contributed by atoms with Crippen LogP contribution in [0.25, 0.3) is 11.1 Å². The monoisotopic (exact) mass is 1430 g/mol. The Kier molecular flexibility index (Phi) is 35.2. The lowest BCUT2D eigenvalue weighted by Crippen LogP contribution is -2.22. The SMILES string of the molecule is CC(C)(C)C(=O)c1ccccn1.CC(C)(C)C(=O)c1ncccn1.CC(C)(C)CCn1cc(-c2cccnc2)cn1.CC(C)(C)CCn1cccc1.CC(CC(C)(C)C)n1cccn1.Cc1cc(C)n(CC2(CC(C)(C)C)CC2)n1.Cc1ccnn1CCC(C)(C)C.Cc1cnn(CCC(C)(C)C)c1. The standard InChI is InChI=1S/C14H19N3.C14H24N2.3C10H18N2.C10H13NO.C10H17N.C9H12N2O/c1-14(2,3)6-8-17-11-13(10-16-17)12-5-4-7-15-9-12;1-11-8-12(2)16(15-11)10-14(6-7-14)9-13(3,4)5;1-9-5-7-11-12(9)8-6-10(2,3)4;1-9-7-11-12(8-9)6-5-10(2,3)4;1-9(8-10(2,3)4)12-7-5-6-11-12;1-10(2,3)9(12)8-6-4-5-7-11-8;1-10(2,3)6-9-11-7-4-5-8-11;1-9(2,3)7(12)8-10-5-4-6-11-8/h4-5,7,9-11H,6,8H2,1-3H3;8H,6-7,9-10H2,1-5H3;5,7H,6,8H2,1-4H3;7-8H,5-6H2,1-4H3;5-7,9H,8H2,1-4H3;4-7H,1-3H3;4-5,7-8H,6,9H2,1-3H3;4-6H,1-3H3. The number of aromatic nitrogens is 15. The summed E-state index contributed by atoms with van der Waals surface area (Å²) in [5.74, 6) is 0.358. The number of nitrogens with zero attached hydrogens (tertiary/aromatic N) is 15. The minimum atomic E-state index is -0.401. The number of carbonyl (C=O) groups excluding carboxylic acids is 2. The molecule has 0 spiro atoms. The van der Waals surface area contributed by atoms with Gasteiger partial charge in [-0.25, -0.2) is 9.97 Å². The Hall–Kier alpha value is -7.95. The van der Waals surface area contributed by atoms with Gasteiger partial charge in [0.05, 0.1) is 18.1 Å². The van der Waals surface area contributed by atoms with Crippen molar-refractivity contribution < 1.29 is 9.59 Å². The molecule has 0 aliphatic heterocycles. The van der Waals surface area contributed by atoms with Crippen LogP contribution in [0.15, 0.2) is 153 Å². The lowest BCUT2D eigenvalue weighted by Gasteiger charge is -2.26. The minimum absolute atomic E-state index is 0.0249. The van der Waals surface area contributed by atoms with E-state index in [-0.39, 0.29) is 17.0 Å². The normalized spacial score (nSPS) is 13.1. The van der Waals surface area contributed by atoms with Crippen LogP contribution in [0.3, 0.4) is 0 Å². The number of hydrogen-bond acceptors (Lipinski definition) is 11. The van der Waals surface area contributed by atoms with Crippen molar-refractivity contribution in [1.29, 1.82) is 0 Å². The molecule has 1 saturated carbocycles. The predicted octanol–water partition coefficient (Wildman–Crippen LogP) is 22.2. The molecular formula is C87H139N15O2. The molecule has 17 heteroatoms. The van der Waals surface area contributed by atoms with Gasteiger partial charge in [-0.2, -0.15) is 25.5 Å². The van der Waals surface area contributed by atoms with Crippen LogP contribution in [0.5, 0.6) is 0 Å². The maximum Gasteiger partial charge on any atom is 0.205 e. The van der Waals surface area contributed by atoms with Gasteiger partial charge < -0.3 is 4.57 Å². The van der Waals surface area contributed by atoms with Crippen molar-refractivity contribution in [2.45, 2.75) is 291 Å². The van der Waals surface area contributed by atoms with Crippen LogP contribution in [0, 0.1) is 76.4 Å². The molecule has 1 fully saturated rings. The Morgan fingerprint density at radius 3 is 1.44 bits per heavy atom. The highest BCUT2D eigenvalue weighted by atomic mass is 16.1. The summed E-state index contributed by atoms with van der Waals surface area (Å²) in [7, 11) is 0. The van der Waals surface area contributed by atoms with E-state index >= 15 is 0 Å². The van der Waals surface area contributed by atoms with Gasteiger partial charge in [-0.1, -0.05) is 178 Å². The first-order chi connectivity index (χ1) is 47.9. The van der Waals surface area contributed by atoms with Crippen molar-refractivity contribution in [1.82, 2.24) is 73.4 Å². The molecule has 0 bridgehead atoms. The number of aryl methyl sites for hydroxylation is 8. The molecular weight excluding hydrogens is 1290 g/mol. The van der Waals surface area contributed by atoms with Gasteiger partial charge in [0, 0.05) is 146 Å². The zero-order chi connectivity index (χ0) is 78.5.